The second-order valence-electron chi connectivity index (χ2n) is 8.36. The number of nitrogens with one attached hydrogen (secondary N) is 1. The van der Waals surface area contributed by atoms with E-state index in [0.717, 1.165) is 70.6 Å². The molecule has 1 amide bonds. The molecule has 0 aromatic carbocycles. The maximum absolute atomic E-state index is 12.7. The Labute approximate surface area is 186 Å². The quantitative estimate of drug-likeness (QED) is 0.733. The summed E-state index contributed by atoms with van der Waals surface area (Å²) < 4.78 is 1.81. The molecule has 29 heavy (non-hydrogen) atoms. The Morgan fingerprint density at radius 2 is 1.83 bits per heavy atom. The van der Waals surface area contributed by atoms with E-state index < -0.39 is 0 Å². The van der Waals surface area contributed by atoms with Crippen molar-refractivity contribution in [2.75, 3.05) is 39.3 Å². The summed E-state index contributed by atoms with van der Waals surface area (Å²) >= 11 is 0. The molecular weight excluding hydrogens is 413 g/mol. The Bertz CT molecular complexity index is 622. The second kappa shape index (κ2) is 11.5. The summed E-state index contributed by atoms with van der Waals surface area (Å²) in [4.78, 5) is 17.2. The zero-order valence-electron chi connectivity index (χ0n) is 17.0. The molecule has 7 nitrogen and oxygen atoms in total. The summed E-state index contributed by atoms with van der Waals surface area (Å²) in [5.74, 6) is 0.660. The van der Waals surface area contributed by atoms with Gasteiger partial charge in [-0.3, -0.25) is 9.48 Å². The molecule has 0 aliphatic carbocycles. The van der Waals surface area contributed by atoms with Crippen molar-refractivity contribution in [1.82, 2.24) is 24.9 Å². The number of hydrogen-bond acceptors (Lipinski definition) is 5. The zero-order chi connectivity index (χ0) is 18.6. The Kier molecular flexibility index (Phi) is 9.69. The minimum Gasteiger partial charge on any atom is -0.393 e. The van der Waals surface area contributed by atoms with Crippen LogP contribution in [0.2, 0.25) is 0 Å². The highest BCUT2D eigenvalue weighted by Gasteiger charge is 2.29. The molecule has 9 heteroatoms. The lowest BCUT2D eigenvalue weighted by molar-refractivity contribution is -0.133. The fourth-order valence-electron chi connectivity index (χ4n) is 4.76. The van der Waals surface area contributed by atoms with Gasteiger partial charge in [-0.05, 0) is 51.1 Å². The molecule has 4 rings (SSSR count). The molecule has 1 atom stereocenters. The summed E-state index contributed by atoms with van der Waals surface area (Å²) in [7, 11) is 0. The maximum Gasteiger partial charge on any atom is 0.244 e. The van der Waals surface area contributed by atoms with Crippen LogP contribution in [0, 0.1) is 0 Å². The summed E-state index contributed by atoms with van der Waals surface area (Å²) in [6.07, 6.45) is 8.06. The topological polar surface area (TPSA) is 73.6 Å². The van der Waals surface area contributed by atoms with Crippen LogP contribution in [-0.4, -0.2) is 82.0 Å². The monoisotopic (exact) mass is 447 g/mol. The number of carbonyl (C=O) groups excluding carboxylic acids is 1. The molecule has 0 radical (unpaired) electrons. The molecule has 3 fully saturated rings. The Hall–Kier alpha value is -0.860. The van der Waals surface area contributed by atoms with Gasteiger partial charge >= 0.3 is 0 Å². The van der Waals surface area contributed by atoms with Gasteiger partial charge in [0.1, 0.15) is 6.54 Å². The third kappa shape index (κ3) is 6.31. The predicted molar refractivity (Wildman–Crippen MR) is 118 cm³/mol. The van der Waals surface area contributed by atoms with Crippen LogP contribution in [0.3, 0.4) is 0 Å². The average Bonchev–Trinajstić information content (AvgIpc) is 3.18. The molecular formula is C20H35Cl2N5O2. The summed E-state index contributed by atoms with van der Waals surface area (Å²) in [6.45, 7) is 6.10. The van der Waals surface area contributed by atoms with Crippen molar-refractivity contribution in [2.45, 2.75) is 63.1 Å². The number of halogens is 2. The Balaban J connectivity index is 0.00000150. The standard InChI is InChI=1S/C20H33N5O2.2ClH/c26-18-5-11-23(12-6-18)17-3-9-24(10-4-17)20(27)15-25-13-7-19(22-25)16-2-1-8-21-14-16;;/h7,13,16-18,21,26H,1-6,8-12,14-15H2;2*1H. The molecule has 1 aromatic rings. The van der Waals surface area contributed by atoms with Gasteiger partial charge in [0.05, 0.1) is 11.8 Å². The lowest BCUT2D eigenvalue weighted by Crippen LogP contribution is -2.50. The van der Waals surface area contributed by atoms with Crippen molar-refractivity contribution < 1.29 is 9.90 Å². The predicted octanol–water partition coefficient (Wildman–Crippen LogP) is 1.64. The number of amides is 1. The summed E-state index contributed by atoms with van der Waals surface area (Å²) in [5.41, 5.74) is 1.11. The molecule has 1 aromatic heterocycles. The van der Waals surface area contributed by atoms with Crippen molar-refractivity contribution >= 4 is 30.7 Å². The van der Waals surface area contributed by atoms with Crippen LogP contribution in [0.4, 0.5) is 0 Å². The van der Waals surface area contributed by atoms with Gasteiger partial charge in [-0.1, -0.05) is 0 Å². The highest BCUT2D eigenvalue weighted by Crippen LogP contribution is 2.23. The minimum atomic E-state index is -0.119. The molecule has 166 valence electrons. The second-order valence-corrected chi connectivity index (χ2v) is 8.36. The number of aliphatic hydroxyl groups excluding tert-OH is 1. The highest BCUT2D eigenvalue weighted by atomic mass is 35.5. The molecule has 0 bridgehead atoms. The highest BCUT2D eigenvalue weighted by molar-refractivity contribution is 5.85. The largest absolute Gasteiger partial charge is 0.393 e. The van der Waals surface area contributed by atoms with Gasteiger partial charge in [0.25, 0.3) is 0 Å². The molecule has 3 aliphatic heterocycles. The van der Waals surface area contributed by atoms with Crippen LogP contribution in [0.25, 0.3) is 0 Å². The van der Waals surface area contributed by atoms with E-state index in [0.29, 0.717) is 18.5 Å². The molecule has 0 spiro atoms. The summed E-state index contributed by atoms with van der Waals surface area (Å²) in [5, 5.41) is 17.8. The first kappa shape index (κ1) is 24.4. The van der Waals surface area contributed by atoms with E-state index in [1.165, 1.54) is 12.8 Å². The number of piperidine rings is 3. The first-order chi connectivity index (χ1) is 13.2. The van der Waals surface area contributed by atoms with Crippen molar-refractivity contribution in [3.63, 3.8) is 0 Å². The van der Waals surface area contributed by atoms with Gasteiger partial charge < -0.3 is 20.2 Å². The molecule has 4 heterocycles. The average molecular weight is 448 g/mol. The molecule has 2 N–H and O–H groups in total. The normalized spacial score (nSPS) is 24.6. The number of nitrogens with zero attached hydrogens (tertiary/aromatic N) is 4. The molecule has 1 unspecified atom stereocenters. The molecule has 0 saturated carbocycles. The van der Waals surface area contributed by atoms with Gasteiger partial charge in [0.2, 0.25) is 5.91 Å². The maximum atomic E-state index is 12.7. The number of likely N-dealkylation sites (tertiary alicyclic amines) is 2. The Morgan fingerprint density at radius 1 is 1.10 bits per heavy atom. The van der Waals surface area contributed by atoms with Crippen molar-refractivity contribution in [3.05, 3.63) is 18.0 Å². The van der Waals surface area contributed by atoms with E-state index in [1.54, 1.807) is 0 Å². The van der Waals surface area contributed by atoms with E-state index in [1.807, 2.05) is 15.8 Å². The summed E-state index contributed by atoms with van der Waals surface area (Å²) in [6, 6.07) is 2.64. The number of aliphatic hydroxyl groups is 1. The van der Waals surface area contributed by atoms with Gasteiger partial charge in [0, 0.05) is 50.9 Å². The number of carbonyl (C=O) groups is 1. The van der Waals surface area contributed by atoms with Crippen LogP contribution in [-0.2, 0) is 11.3 Å². The lowest BCUT2D eigenvalue weighted by atomic mass is 9.97. The van der Waals surface area contributed by atoms with Gasteiger partial charge in [0.15, 0.2) is 0 Å². The lowest BCUT2D eigenvalue weighted by Gasteiger charge is -2.41. The van der Waals surface area contributed by atoms with E-state index in [4.69, 9.17) is 0 Å². The van der Waals surface area contributed by atoms with Crippen LogP contribution in [0.1, 0.15) is 50.1 Å². The van der Waals surface area contributed by atoms with Gasteiger partial charge in [-0.15, -0.1) is 24.8 Å². The SMILES string of the molecule is Cl.Cl.O=C(Cn1ccc(C2CCCNC2)n1)N1CCC(N2CCC(O)CC2)CC1. The van der Waals surface area contributed by atoms with E-state index in [-0.39, 0.29) is 36.8 Å². The van der Waals surface area contributed by atoms with Crippen LogP contribution >= 0.6 is 24.8 Å². The first-order valence-corrected chi connectivity index (χ1v) is 10.6. The number of aromatic nitrogens is 2. The van der Waals surface area contributed by atoms with Crippen LogP contribution < -0.4 is 5.32 Å². The third-order valence-corrected chi connectivity index (χ3v) is 6.51. The molecule has 3 saturated heterocycles. The smallest absolute Gasteiger partial charge is 0.244 e. The van der Waals surface area contributed by atoms with Gasteiger partial charge in [-0.25, -0.2) is 0 Å². The fraction of sp³-hybridized carbons (Fsp3) is 0.800. The Morgan fingerprint density at radius 3 is 2.48 bits per heavy atom. The van der Waals surface area contributed by atoms with E-state index in [9.17, 15) is 9.90 Å². The molecule has 3 aliphatic rings. The van der Waals surface area contributed by atoms with Crippen LogP contribution in [0.15, 0.2) is 12.3 Å². The fourth-order valence-corrected chi connectivity index (χ4v) is 4.76. The van der Waals surface area contributed by atoms with E-state index >= 15 is 0 Å². The van der Waals surface area contributed by atoms with Crippen LogP contribution in [0.5, 0.6) is 0 Å². The van der Waals surface area contributed by atoms with Crippen molar-refractivity contribution in [2.24, 2.45) is 0 Å². The van der Waals surface area contributed by atoms with Crippen molar-refractivity contribution in [3.8, 4) is 0 Å². The zero-order valence-corrected chi connectivity index (χ0v) is 18.7. The first-order valence-electron chi connectivity index (χ1n) is 10.6. The minimum absolute atomic E-state index is 0. The van der Waals surface area contributed by atoms with E-state index in [2.05, 4.69) is 21.4 Å². The third-order valence-electron chi connectivity index (χ3n) is 6.51. The van der Waals surface area contributed by atoms with Gasteiger partial charge in [-0.2, -0.15) is 5.10 Å². The number of hydrogen-bond donors (Lipinski definition) is 2. The van der Waals surface area contributed by atoms with Crippen molar-refractivity contribution in [1.29, 1.82) is 0 Å². The number of rotatable bonds is 4.